The lowest BCUT2D eigenvalue weighted by atomic mass is 10.0. The van der Waals surface area contributed by atoms with E-state index in [-0.39, 0.29) is 23.2 Å². The lowest BCUT2D eigenvalue weighted by molar-refractivity contribution is 0.364. The molecule has 1 unspecified atom stereocenters. The number of nitrogen functional groups attached to an aromatic ring is 1. The number of benzene rings is 1. The number of aromatic hydroxyl groups is 1. The average molecular weight is 364 g/mol. The molecule has 0 amide bonds. The SMILES string of the molecule is Nc1nc(-c2cc(-c3cccnn3)ccc2O)cn(C2CCCNC2)c1=O. The summed E-state index contributed by atoms with van der Waals surface area (Å²) in [7, 11) is 0. The van der Waals surface area contributed by atoms with E-state index in [4.69, 9.17) is 5.73 Å². The topological polar surface area (TPSA) is 119 Å². The summed E-state index contributed by atoms with van der Waals surface area (Å²) in [5.41, 5.74) is 7.98. The van der Waals surface area contributed by atoms with Crippen molar-refractivity contribution in [3.63, 3.8) is 0 Å². The molecule has 4 N–H and O–H groups in total. The fourth-order valence-corrected chi connectivity index (χ4v) is 3.36. The Morgan fingerprint density at radius 2 is 2.15 bits per heavy atom. The van der Waals surface area contributed by atoms with E-state index in [0.717, 1.165) is 24.9 Å². The lowest BCUT2D eigenvalue weighted by Crippen LogP contribution is -2.37. The number of nitrogens with zero attached hydrogens (tertiary/aromatic N) is 4. The van der Waals surface area contributed by atoms with Crippen molar-refractivity contribution in [2.75, 3.05) is 18.8 Å². The van der Waals surface area contributed by atoms with Crippen molar-refractivity contribution in [3.05, 3.63) is 53.1 Å². The molecule has 0 radical (unpaired) electrons. The summed E-state index contributed by atoms with van der Waals surface area (Å²) >= 11 is 0. The number of nitrogens with one attached hydrogen (secondary N) is 1. The molecule has 1 atom stereocenters. The van der Waals surface area contributed by atoms with E-state index in [1.165, 1.54) is 0 Å². The summed E-state index contributed by atoms with van der Waals surface area (Å²) in [4.78, 5) is 16.7. The van der Waals surface area contributed by atoms with Crippen molar-refractivity contribution in [2.24, 2.45) is 0 Å². The fraction of sp³-hybridized carbons (Fsp3) is 0.263. The molecule has 0 bridgehead atoms. The molecule has 2 aromatic heterocycles. The molecule has 8 heteroatoms. The third-order valence-electron chi connectivity index (χ3n) is 4.76. The van der Waals surface area contributed by atoms with Crippen LogP contribution in [0.4, 0.5) is 5.82 Å². The van der Waals surface area contributed by atoms with Gasteiger partial charge in [-0.05, 0) is 49.7 Å². The number of hydrogen-bond donors (Lipinski definition) is 3. The summed E-state index contributed by atoms with van der Waals surface area (Å²) in [5, 5.41) is 21.7. The van der Waals surface area contributed by atoms with Crippen molar-refractivity contribution in [1.82, 2.24) is 25.1 Å². The largest absolute Gasteiger partial charge is 0.507 e. The molecule has 27 heavy (non-hydrogen) atoms. The Kier molecular flexibility index (Phi) is 4.55. The van der Waals surface area contributed by atoms with Crippen LogP contribution in [0, 0.1) is 0 Å². The Bertz CT molecular complexity index is 1010. The van der Waals surface area contributed by atoms with Crippen LogP contribution in [0.3, 0.4) is 0 Å². The van der Waals surface area contributed by atoms with Crippen LogP contribution in [0.2, 0.25) is 0 Å². The van der Waals surface area contributed by atoms with Gasteiger partial charge in [-0.1, -0.05) is 0 Å². The Morgan fingerprint density at radius 1 is 1.26 bits per heavy atom. The van der Waals surface area contributed by atoms with E-state index in [9.17, 15) is 9.90 Å². The Balaban J connectivity index is 1.81. The molecule has 8 nitrogen and oxygen atoms in total. The zero-order valence-corrected chi connectivity index (χ0v) is 14.7. The molecule has 0 spiro atoms. The molecule has 1 aromatic carbocycles. The minimum absolute atomic E-state index is 0.0145. The number of phenols is 1. The number of piperidine rings is 1. The molecule has 3 aromatic rings. The average Bonchev–Trinajstić information content (AvgIpc) is 2.72. The second-order valence-electron chi connectivity index (χ2n) is 6.56. The molecule has 1 saturated heterocycles. The molecule has 3 heterocycles. The van der Waals surface area contributed by atoms with Crippen molar-refractivity contribution < 1.29 is 5.11 Å². The fourth-order valence-electron chi connectivity index (χ4n) is 3.36. The van der Waals surface area contributed by atoms with Crippen molar-refractivity contribution >= 4 is 5.82 Å². The van der Waals surface area contributed by atoms with Gasteiger partial charge in [0.05, 0.1) is 11.4 Å². The number of aromatic nitrogens is 4. The molecule has 1 aliphatic rings. The highest BCUT2D eigenvalue weighted by Gasteiger charge is 2.20. The van der Waals surface area contributed by atoms with E-state index in [1.54, 1.807) is 41.2 Å². The minimum Gasteiger partial charge on any atom is -0.507 e. The standard InChI is InChI=1S/C19H20N6O2/c20-18-19(27)25(13-3-1-7-21-10-13)11-16(23-18)14-9-12(5-6-17(14)26)15-4-2-8-22-24-15/h2,4-6,8-9,11,13,21,26H,1,3,7,10H2,(H2,20,23). The van der Waals surface area contributed by atoms with Crippen LogP contribution in [0.5, 0.6) is 5.75 Å². The van der Waals surface area contributed by atoms with E-state index < -0.39 is 0 Å². The summed E-state index contributed by atoms with van der Waals surface area (Å²) in [6.07, 6.45) is 5.15. The van der Waals surface area contributed by atoms with Gasteiger partial charge in [-0.2, -0.15) is 10.2 Å². The monoisotopic (exact) mass is 364 g/mol. The molecular weight excluding hydrogens is 344 g/mol. The van der Waals surface area contributed by atoms with Gasteiger partial charge < -0.3 is 20.7 Å². The maximum Gasteiger partial charge on any atom is 0.293 e. The van der Waals surface area contributed by atoms with Gasteiger partial charge in [-0.25, -0.2) is 4.98 Å². The molecule has 1 aliphatic heterocycles. The first-order valence-electron chi connectivity index (χ1n) is 8.84. The van der Waals surface area contributed by atoms with Gasteiger partial charge in [0, 0.05) is 36.1 Å². The first-order valence-corrected chi connectivity index (χ1v) is 8.84. The minimum atomic E-state index is -0.308. The first-order chi connectivity index (χ1) is 13.1. The van der Waals surface area contributed by atoms with Crippen LogP contribution in [0.1, 0.15) is 18.9 Å². The third-order valence-corrected chi connectivity index (χ3v) is 4.76. The van der Waals surface area contributed by atoms with E-state index in [2.05, 4.69) is 20.5 Å². The van der Waals surface area contributed by atoms with Crippen LogP contribution >= 0.6 is 0 Å². The van der Waals surface area contributed by atoms with Crippen LogP contribution in [0.25, 0.3) is 22.5 Å². The quantitative estimate of drug-likeness (QED) is 0.645. The molecular formula is C19H20N6O2. The maximum atomic E-state index is 12.5. The van der Waals surface area contributed by atoms with Crippen molar-refractivity contribution in [3.8, 4) is 28.3 Å². The zero-order chi connectivity index (χ0) is 18.8. The highest BCUT2D eigenvalue weighted by atomic mass is 16.3. The van der Waals surface area contributed by atoms with Crippen molar-refractivity contribution in [2.45, 2.75) is 18.9 Å². The highest BCUT2D eigenvalue weighted by molar-refractivity contribution is 5.74. The number of anilines is 1. The Labute approximate surface area is 155 Å². The Hall–Kier alpha value is -3.26. The van der Waals surface area contributed by atoms with Gasteiger partial charge in [0.1, 0.15) is 5.75 Å². The van der Waals surface area contributed by atoms with Crippen molar-refractivity contribution in [1.29, 1.82) is 0 Å². The summed E-state index contributed by atoms with van der Waals surface area (Å²) in [5.74, 6) is -0.0242. The van der Waals surface area contributed by atoms with Gasteiger partial charge >= 0.3 is 0 Å². The van der Waals surface area contributed by atoms with Gasteiger partial charge in [0.15, 0.2) is 5.82 Å². The third kappa shape index (κ3) is 3.39. The van der Waals surface area contributed by atoms with Crippen LogP contribution in [-0.4, -0.2) is 37.9 Å². The van der Waals surface area contributed by atoms with Gasteiger partial charge in [0.25, 0.3) is 5.56 Å². The number of rotatable bonds is 3. The van der Waals surface area contributed by atoms with Crippen LogP contribution in [0.15, 0.2) is 47.5 Å². The number of nitrogens with two attached hydrogens (primary N) is 1. The van der Waals surface area contributed by atoms with E-state index in [0.29, 0.717) is 23.5 Å². The zero-order valence-electron chi connectivity index (χ0n) is 14.7. The lowest BCUT2D eigenvalue weighted by Gasteiger charge is -2.25. The molecule has 0 saturated carbocycles. The molecule has 0 aliphatic carbocycles. The van der Waals surface area contributed by atoms with Gasteiger partial charge in [0.2, 0.25) is 0 Å². The van der Waals surface area contributed by atoms with E-state index in [1.807, 2.05) is 6.07 Å². The van der Waals surface area contributed by atoms with Crippen LogP contribution in [-0.2, 0) is 0 Å². The van der Waals surface area contributed by atoms with Gasteiger partial charge in [-0.3, -0.25) is 4.79 Å². The Morgan fingerprint density at radius 3 is 2.89 bits per heavy atom. The predicted octanol–water partition coefficient (Wildman–Crippen LogP) is 1.58. The second kappa shape index (κ2) is 7.16. The summed E-state index contributed by atoms with van der Waals surface area (Å²) in [6, 6.07) is 8.75. The number of hydrogen-bond acceptors (Lipinski definition) is 7. The van der Waals surface area contributed by atoms with Gasteiger partial charge in [-0.15, -0.1) is 0 Å². The smallest absolute Gasteiger partial charge is 0.293 e. The summed E-state index contributed by atoms with van der Waals surface area (Å²) < 4.78 is 1.62. The summed E-state index contributed by atoms with van der Waals surface area (Å²) in [6.45, 7) is 1.65. The normalized spacial score (nSPS) is 17.0. The molecule has 138 valence electrons. The second-order valence-corrected chi connectivity index (χ2v) is 6.56. The molecule has 4 rings (SSSR count). The van der Waals surface area contributed by atoms with Crippen LogP contribution < -0.4 is 16.6 Å². The van der Waals surface area contributed by atoms with E-state index >= 15 is 0 Å². The number of phenolic OH excluding ortho intramolecular Hbond substituents is 1. The first kappa shape index (κ1) is 17.2. The maximum absolute atomic E-state index is 12.5. The predicted molar refractivity (Wildman–Crippen MR) is 102 cm³/mol. The highest BCUT2D eigenvalue weighted by Crippen LogP contribution is 2.32. The molecule has 1 fully saturated rings.